The van der Waals surface area contributed by atoms with Gasteiger partial charge in [-0.05, 0) is 36.4 Å². The zero-order chi connectivity index (χ0) is 24.5. The van der Waals surface area contributed by atoms with Crippen LogP contribution in [0.5, 0.6) is 0 Å². The van der Waals surface area contributed by atoms with E-state index in [1.165, 1.54) is 30.3 Å². The molecule has 1 N–H and O–H groups in total. The number of benzene rings is 2. The van der Waals surface area contributed by atoms with Crippen molar-refractivity contribution in [2.45, 2.75) is 4.90 Å². The van der Waals surface area contributed by atoms with E-state index in [0.717, 1.165) is 12.1 Å². The third-order valence-electron chi connectivity index (χ3n) is 5.40. The predicted octanol–water partition coefficient (Wildman–Crippen LogP) is 2.16. The molecule has 0 unspecified atom stereocenters. The number of carbonyl (C=O) groups excluding carboxylic acids is 3. The number of nitrogens with zero attached hydrogens (tertiary/aromatic N) is 2. The van der Waals surface area contributed by atoms with Crippen molar-refractivity contribution in [1.29, 1.82) is 0 Å². The zero-order valence-electron chi connectivity index (χ0n) is 17.9. The number of fused-ring (bicyclic) bond motifs is 1. The van der Waals surface area contributed by atoms with Crippen molar-refractivity contribution in [3.05, 3.63) is 78.3 Å². The quantitative estimate of drug-likeness (QED) is 0.554. The SMILES string of the molecule is C=CC(=O)N1CCN(C(=O)c2ccc3cc(C(=O)NS(=O)(=O)c4ccccc4F)oc3c2)CC1. The molecule has 3 amide bonds. The van der Waals surface area contributed by atoms with Crippen LogP contribution < -0.4 is 4.72 Å². The third-order valence-corrected chi connectivity index (χ3v) is 6.76. The second-order valence-electron chi connectivity index (χ2n) is 7.55. The third kappa shape index (κ3) is 4.55. The smallest absolute Gasteiger partial charge is 0.300 e. The molecule has 1 saturated heterocycles. The average molecular weight is 485 g/mol. The average Bonchev–Trinajstić information content (AvgIpc) is 3.27. The minimum atomic E-state index is -4.45. The van der Waals surface area contributed by atoms with Crippen molar-refractivity contribution in [2.75, 3.05) is 26.2 Å². The number of hydrogen-bond acceptors (Lipinski definition) is 6. The molecule has 34 heavy (non-hydrogen) atoms. The number of hydrogen-bond donors (Lipinski definition) is 1. The highest BCUT2D eigenvalue weighted by atomic mass is 32.2. The van der Waals surface area contributed by atoms with Gasteiger partial charge >= 0.3 is 5.91 Å². The van der Waals surface area contributed by atoms with E-state index in [4.69, 9.17) is 4.42 Å². The second-order valence-corrected chi connectivity index (χ2v) is 9.20. The van der Waals surface area contributed by atoms with E-state index in [-0.39, 0.29) is 23.2 Å². The zero-order valence-corrected chi connectivity index (χ0v) is 18.7. The minimum absolute atomic E-state index is 0.188. The molecule has 3 aromatic rings. The van der Waals surface area contributed by atoms with Crippen molar-refractivity contribution in [2.24, 2.45) is 0 Å². The van der Waals surface area contributed by atoms with Gasteiger partial charge in [0, 0.05) is 37.1 Å². The molecule has 0 atom stereocenters. The number of piperazine rings is 1. The van der Waals surface area contributed by atoms with Gasteiger partial charge in [-0.25, -0.2) is 17.5 Å². The van der Waals surface area contributed by atoms with Crippen LogP contribution in [0.3, 0.4) is 0 Å². The van der Waals surface area contributed by atoms with Crippen molar-refractivity contribution in [3.8, 4) is 0 Å². The Balaban J connectivity index is 1.49. The van der Waals surface area contributed by atoms with Crippen LogP contribution in [0.1, 0.15) is 20.9 Å². The normalized spacial score (nSPS) is 14.1. The summed E-state index contributed by atoms with van der Waals surface area (Å²) in [5, 5.41) is 0.478. The maximum Gasteiger partial charge on any atom is 0.300 e. The molecule has 0 aliphatic carbocycles. The van der Waals surface area contributed by atoms with Gasteiger partial charge in [-0.1, -0.05) is 24.8 Å². The highest BCUT2D eigenvalue weighted by Gasteiger charge is 2.26. The van der Waals surface area contributed by atoms with Crippen molar-refractivity contribution in [1.82, 2.24) is 14.5 Å². The molecule has 2 heterocycles. The van der Waals surface area contributed by atoms with Gasteiger partial charge in [0.25, 0.3) is 15.9 Å². The minimum Gasteiger partial charge on any atom is -0.451 e. The summed E-state index contributed by atoms with van der Waals surface area (Å²) >= 11 is 0. The molecule has 0 spiro atoms. The number of nitrogens with one attached hydrogen (secondary N) is 1. The van der Waals surface area contributed by atoms with Crippen LogP contribution in [-0.4, -0.2) is 62.1 Å². The summed E-state index contributed by atoms with van der Waals surface area (Å²) in [4.78, 5) is 39.6. The van der Waals surface area contributed by atoms with E-state index in [1.54, 1.807) is 26.7 Å². The van der Waals surface area contributed by atoms with Gasteiger partial charge in [0.2, 0.25) is 5.91 Å². The molecular formula is C23H20FN3O6S. The van der Waals surface area contributed by atoms with E-state index >= 15 is 0 Å². The molecule has 176 valence electrons. The van der Waals surface area contributed by atoms with Crippen LogP contribution in [0, 0.1) is 5.82 Å². The van der Waals surface area contributed by atoms with Crippen LogP contribution in [0.15, 0.2) is 70.5 Å². The lowest BCUT2D eigenvalue weighted by molar-refractivity contribution is -0.127. The summed E-state index contributed by atoms with van der Waals surface area (Å²) in [6, 6.07) is 10.6. The summed E-state index contributed by atoms with van der Waals surface area (Å²) < 4.78 is 45.8. The van der Waals surface area contributed by atoms with Gasteiger partial charge in [-0.3, -0.25) is 14.4 Å². The van der Waals surface area contributed by atoms with Gasteiger partial charge in [0.05, 0.1) is 0 Å². The van der Waals surface area contributed by atoms with Crippen LogP contribution in [-0.2, 0) is 14.8 Å². The lowest BCUT2D eigenvalue weighted by Gasteiger charge is -2.34. The van der Waals surface area contributed by atoms with Crippen molar-refractivity contribution in [3.63, 3.8) is 0 Å². The Labute approximate surface area is 194 Å². The first-order chi connectivity index (χ1) is 16.2. The maximum atomic E-state index is 13.8. The Bertz CT molecular complexity index is 1410. The standard InChI is InChI=1S/C23H20FN3O6S/c1-2-21(28)26-9-11-27(12-10-26)23(30)16-8-7-15-13-19(33-18(15)14-16)22(29)25-34(31,32)20-6-4-3-5-17(20)24/h2-8,13-14H,1,9-12H2,(H,25,29). The predicted molar refractivity (Wildman–Crippen MR) is 120 cm³/mol. The first-order valence-corrected chi connectivity index (χ1v) is 11.7. The highest BCUT2D eigenvalue weighted by molar-refractivity contribution is 7.90. The molecule has 9 nitrogen and oxygen atoms in total. The Morgan fingerprint density at radius 3 is 2.35 bits per heavy atom. The van der Waals surface area contributed by atoms with E-state index in [2.05, 4.69) is 6.58 Å². The van der Waals surface area contributed by atoms with Crippen LogP contribution >= 0.6 is 0 Å². The molecule has 2 aromatic carbocycles. The van der Waals surface area contributed by atoms with E-state index in [0.29, 0.717) is 37.1 Å². The van der Waals surface area contributed by atoms with Crippen LogP contribution in [0.25, 0.3) is 11.0 Å². The Morgan fingerprint density at radius 2 is 1.68 bits per heavy atom. The van der Waals surface area contributed by atoms with Gasteiger partial charge in [-0.2, -0.15) is 0 Å². The monoisotopic (exact) mass is 485 g/mol. The number of amides is 3. The molecule has 4 rings (SSSR count). The summed E-state index contributed by atoms with van der Waals surface area (Å²) in [6.07, 6.45) is 1.23. The number of sulfonamides is 1. The molecule has 0 saturated carbocycles. The first kappa shape index (κ1) is 23.2. The molecule has 11 heteroatoms. The fraction of sp³-hybridized carbons (Fsp3) is 0.174. The summed E-state index contributed by atoms with van der Waals surface area (Å²) in [7, 11) is -4.45. The van der Waals surface area contributed by atoms with Gasteiger partial charge in [0.1, 0.15) is 16.3 Å². The number of furan rings is 1. The van der Waals surface area contributed by atoms with Crippen LogP contribution in [0.2, 0.25) is 0 Å². The van der Waals surface area contributed by atoms with E-state index < -0.39 is 26.6 Å². The number of halogens is 1. The maximum absolute atomic E-state index is 13.8. The summed E-state index contributed by atoms with van der Waals surface area (Å²) in [5.41, 5.74) is 0.524. The van der Waals surface area contributed by atoms with Crippen LogP contribution in [0.4, 0.5) is 4.39 Å². The molecular weight excluding hydrogens is 465 g/mol. The molecule has 0 bridgehead atoms. The molecule has 0 radical (unpaired) electrons. The lowest BCUT2D eigenvalue weighted by Crippen LogP contribution is -2.50. The van der Waals surface area contributed by atoms with E-state index in [1.807, 2.05) is 0 Å². The Hall–Kier alpha value is -3.99. The van der Waals surface area contributed by atoms with Gasteiger partial charge < -0.3 is 14.2 Å². The molecule has 1 aliphatic rings. The molecule has 1 aliphatic heterocycles. The topological polar surface area (TPSA) is 117 Å². The van der Waals surface area contributed by atoms with E-state index in [9.17, 15) is 27.2 Å². The Kier molecular flexibility index (Phi) is 6.20. The first-order valence-electron chi connectivity index (χ1n) is 10.3. The Morgan fingerprint density at radius 1 is 1.00 bits per heavy atom. The van der Waals surface area contributed by atoms with Gasteiger partial charge in [0.15, 0.2) is 5.76 Å². The van der Waals surface area contributed by atoms with Crippen molar-refractivity contribution < 1.29 is 31.6 Å². The molecule has 1 aromatic heterocycles. The fourth-order valence-corrected chi connectivity index (χ4v) is 4.64. The number of rotatable bonds is 5. The lowest BCUT2D eigenvalue weighted by atomic mass is 10.1. The second kappa shape index (κ2) is 9.10. The summed E-state index contributed by atoms with van der Waals surface area (Å²) in [6.45, 7) is 4.95. The highest BCUT2D eigenvalue weighted by Crippen LogP contribution is 2.23. The largest absolute Gasteiger partial charge is 0.451 e. The fourth-order valence-electron chi connectivity index (χ4n) is 3.61. The van der Waals surface area contributed by atoms with Gasteiger partial charge in [-0.15, -0.1) is 0 Å². The molecule has 1 fully saturated rings. The van der Waals surface area contributed by atoms with Crippen molar-refractivity contribution >= 4 is 38.7 Å². The number of carbonyl (C=O) groups is 3. The summed E-state index contributed by atoms with van der Waals surface area (Å²) in [5.74, 6) is -2.83.